The van der Waals surface area contributed by atoms with Crippen molar-refractivity contribution in [3.63, 3.8) is 0 Å². The van der Waals surface area contributed by atoms with Crippen molar-refractivity contribution in [1.82, 2.24) is 0 Å². The molecule has 0 N–H and O–H groups in total. The molecule has 19 heavy (non-hydrogen) atoms. The van der Waals surface area contributed by atoms with E-state index in [9.17, 15) is 0 Å². The zero-order chi connectivity index (χ0) is 14.9. The van der Waals surface area contributed by atoms with Crippen LogP contribution in [0.15, 0.2) is 0 Å². The lowest BCUT2D eigenvalue weighted by molar-refractivity contribution is -0.0210. The second-order valence-electron chi connectivity index (χ2n) is 7.89. The van der Waals surface area contributed by atoms with Crippen LogP contribution in [0, 0.1) is 17.8 Å². The topological polar surface area (TPSA) is 9.23 Å². The molecule has 116 valence electrons. The van der Waals surface area contributed by atoms with E-state index >= 15 is 0 Å². The van der Waals surface area contributed by atoms with Crippen LogP contribution in [0.2, 0.25) is 0 Å². The zero-order valence-corrected chi connectivity index (χ0v) is 14.6. The molecule has 0 heterocycles. The van der Waals surface area contributed by atoms with Gasteiger partial charge in [-0.1, -0.05) is 59.8 Å². The first-order valence-electron chi connectivity index (χ1n) is 8.34. The van der Waals surface area contributed by atoms with Gasteiger partial charge in [-0.05, 0) is 44.9 Å². The van der Waals surface area contributed by atoms with E-state index in [1.54, 1.807) is 0 Å². The Morgan fingerprint density at radius 1 is 0.737 bits per heavy atom. The minimum Gasteiger partial charge on any atom is -0.376 e. The first-order valence-corrected chi connectivity index (χ1v) is 8.34. The summed E-state index contributed by atoms with van der Waals surface area (Å²) >= 11 is 0. The van der Waals surface area contributed by atoms with Gasteiger partial charge in [0.15, 0.2) is 0 Å². The van der Waals surface area contributed by atoms with Gasteiger partial charge < -0.3 is 4.74 Å². The van der Waals surface area contributed by atoms with Gasteiger partial charge in [0, 0.05) is 6.61 Å². The normalized spacial score (nSPS) is 15.8. The van der Waals surface area contributed by atoms with Gasteiger partial charge in [-0.2, -0.15) is 0 Å². The maximum Gasteiger partial charge on any atom is 0.0598 e. The van der Waals surface area contributed by atoms with Gasteiger partial charge in [-0.3, -0.25) is 0 Å². The van der Waals surface area contributed by atoms with Gasteiger partial charge in [0.1, 0.15) is 0 Å². The highest BCUT2D eigenvalue weighted by Gasteiger charge is 2.12. The van der Waals surface area contributed by atoms with Crippen LogP contribution < -0.4 is 0 Å². The molecule has 0 aromatic heterocycles. The molecule has 0 unspecified atom stereocenters. The summed E-state index contributed by atoms with van der Waals surface area (Å²) in [4.78, 5) is 0. The standard InChI is InChI=1S/C18H38O/c1-15(2)10-8-11-16(3)12-9-13-17(4)14-19-18(5,6)7/h15-17H,8-14H2,1-7H3/t16-,17-/m1/s1. The fourth-order valence-electron chi connectivity index (χ4n) is 2.31. The van der Waals surface area contributed by atoms with Gasteiger partial charge >= 0.3 is 0 Å². The third-order valence-electron chi connectivity index (χ3n) is 3.67. The van der Waals surface area contributed by atoms with Crippen LogP contribution in [0.5, 0.6) is 0 Å². The van der Waals surface area contributed by atoms with Crippen LogP contribution >= 0.6 is 0 Å². The minimum absolute atomic E-state index is 0.0123. The van der Waals surface area contributed by atoms with Crippen molar-refractivity contribution >= 4 is 0 Å². The van der Waals surface area contributed by atoms with Crippen LogP contribution in [-0.4, -0.2) is 12.2 Å². The Morgan fingerprint density at radius 2 is 1.21 bits per heavy atom. The van der Waals surface area contributed by atoms with Crippen LogP contribution in [-0.2, 0) is 4.74 Å². The van der Waals surface area contributed by atoms with E-state index in [4.69, 9.17) is 4.74 Å². The van der Waals surface area contributed by atoms with E-state index in [2.05, 4.69) is 48.5 Å². The molecule has 0 aliphatic rings. The highest BCUT2D eigenvalue weighted by molar-refractivity contribution is 4.62. The summed E-state index contributed by atoms with van der Waals surface area (Å²) in [5.41, 5.74) is 0.0123. The molecule has 0 rings (SSSR count). The molecule has 0 bridgehead atoms. The van der Waals surface area contributed by atoms with E-state index < -0.39 is 0 Å². The van der Waals surface area contributed by atoms with E-state index in [1.807, 2.05) is 0 Å². The fraction of sp³-hybridized carbons (Fsp3) is 1.00. The third-order valence-corrected chi connectivity index (χ3v) is 3.67. The zero-order valence-electron chi connectivity index (χ0n) is 14.6. The molecule has 0 fully saturated rings. The number of hydrogen-bond acceptors (Lipinski definition) is 1. The lowest BCUT2D eigenvalue weighted by atomic mass is 9.93. The number of rotatable bonds is 10. The van der Waals surface area contributed by atoms with Crippen molar-refractivity contribution in [2.24, 2.45) is 17.8 Å². The molecule has 0 amide bonds. The number of ether oxygens (including phenoxy) is 1. The molecule has 1 nitrogen and oxygen atoms in total. The van der Waals surface area contributed by atoms with Crippen LogP contribution in [0.25, 0.3) is 0 Å². The van der Waals surface area contributed by atoms with Crippen molar-refractivity contribution in [2.45, 2.75) is 92.6 Å². The Kier molecular flexibility index (Phi) is 9.78. The van der Waals surface area contributed by atoms with Gasteiger partial charge in [-0.15, -0.1) is 0 Å². The average Bonchev–Trinajstić information content (AvgIpc) is 2.25. The van der Waals surface area contributed by atoms with E-state index in [-0.39, 0.29) is 5.60 Å². The molecule has 0 aliphatic carbocycles. The minimum atomic E-state index is 0.0123. The maximum atomic E-state index is 5.84. The predicted octanol–water partition coefficient (Wildman–Crippen LogP) is 6.07. The Morgan fingerprint density at radius 3 is 1.68 bits per heavy atom. The largest absolute Gasteiger partial charge is 0.376 e. The molecular formula is C18H38O. The van der Waals surface area contributed by atoms with Crippen molar-refractivity contribution in [1.29, 1.82) is 0 Å². The molecule has 0 saturated carbocycles. The summed E-state index contributed by atoms with van der Waals surface area (Å²) in [6, 6.07) is 0. The Bertz CT molecular complexity index is 202. The second-order valence-corrected chi connectivity index (χ2v) is 7.89. The average molecular weight is 271 g/mol. The second kappa shape index (κ2) is 9.80. The molecule has 0 saturated heterocycles. The quantitative estimate of drug-likeness (QED) is 0.468. The highest BCUT2D eigenvalue weighted by atomic mass is 16.5. The Balaban J connectivity index is 3.50. The summed E-state index contributed by atoms with van der Waals surface area (Å²) in [7, 11) is 0. The predicted molar refractivity (Wildman–Crippen MR) is 86.6 cm³/mol. The summed E-state index contributed by atoms with van der Waals surface area (Å²) in [6.45, 7) is 16.7. The molecule has 0 radical (unpaired) electrons. The van der Waals surface area contributed by atoms with Crippen LogP contribution in [0.4, 0.5) is 0 Å². The summed E-state index contributed by atoms with van der Waals surface area (Å²) in [6.07, 6.45) is 8.26. The Hall–Kier alpha value is -0.0400. The van der Waals surface area contributed by atoms with Crippen LogP contribution in [0.1, 0.15) is 87.0 Å². The van der Waals surface area contributed by atoms with E-state index in [0.717, 1.165) is 18.4 Å². The lowest BCUT2D eigenvalue weighted by Crippen LogP contribution is -2.22. The maximum absolute atomic E-state index is 5.84. The molecule has 0 aliphatic heterocycles. The van der Waals surface area contributed by atoms with Gasteiger partial charge in [-0.25, -0.2) is 0 Å². The molecule has 2 atom stereocenters. The van der Waals surface area contributed by atoms with Gasteiger partial charge in [0.2, 0.25) is 0 Å². The molecular weight excluding hydrogens is 232 g/mol. The number of hydrogen-bond donors (Lipinski definition) is 0. The van der Waals surface area contributed by atoms with Crippen molar-refractivity contribution in [2.75, 3.05) is 6.61 Å². The van der Waals surface area contributed by atoms with Gasteiger partial charge in [0.25, 0.3) is 0 Å². The van der Waals surface area contributed by atoms with Crippen molar-refractivity contribution < 1.29 is 4.74 Å². The first kappa shape index (κ1) is 19.0. The van der Waals surface area contributed by atoms with Gasteiger partial charge in [0.05, 0.1) is 5.60 Å². The highest BCUT2D eigenvalue weighted by Crippen LogP contribution is 2.20. The Labute approximate surface area is 122 Å². The van der Waals surface area contributed by atoms with Crippen molar-refractivity contribution in [3.8, 4) is 0 Å². The summed E-state index contributed by atoms with van der Waals surface area (Å²) in [5, 5.41) is 0. The monoisotopic (exact) mass is 270 g/mol. The molecule has 0 aromatic carbocycles. The van der Waals surface area contributed by atoms with Crippen molar-refractivity contribution in [3.05, 3.63) is 0 Å². The lowest BCUT2D eigenvalue weighted by Gasteiger charge is -2.22. The van der Waals surface area contributed by atoms with Crippen LogP contribution in [0.3, 0.4) is 0 Å². The molecule has 0 aromatic rings. The molecule has 0 spiro atoms. The van der Waals surface area contributed by atoms with E-state index in [0.29, 0.717) is 5.92 Å². The summed E-state index contributed by atoms with van der Waals surface area (Å²) < 4.78 is 5.84. The fourth-order valence-corrected chi connectivity index (χ4v) is 2.31. The smallest absolute Gasteiger partial charge is 0.0598 e. The van der Waals surface area contributed by atoms with E-state index in [1.165, 1.54) is 38.5 Å². The molecule has 1 heteroatoms. The third kappa shape index (κ3) is 14.2. The summed E-state index contributed by atoms with van der Waals surface area (Å²) in [5.74, 6) is 2.46. The SMILES string of the molecule is CC(C)CCC[C@@H](C)CCC[C@@H](C)COC(C)(C)C. The first-order chi connectivity index (χ1) is 8.70.